The van der Waals surface area contributed by atoms with Gasteiger partial charge in [0.25, 0.3) is 5.91 Å². The van der Waals surface area contributed by atoms with E-state index in [1.807, 2.05) is 24.3 Å². The molecular weight excluding hydrogens is 334 g/mol. The van der Waals surface area contributed by atoms with Gasteiger partial charge in [-0.3, -0.25) is 9.69 Å². The van der Waals surface area contributed by atoms with Gasteiger partial charge in [0.2, 0.25) is 0 Å². The quantitative estimate of drug-likeness (QED) is 0.899. The van der Waals surface area contributed by atoms with Crippen molar-refractivity contribution >= 4 is 28.8 Å². The fourth-order valence-electron chi connectivity index (χ4n) is 2.67. The van der Waals surface area contributed by atoms with Crippen molar-refractivity contribution in [3.8, 4) is 0 Å². The third-order valence-electron chi connectivity index (χ3n) is 3.84. The minimum absolute atomic E-state index is 0.0696. The maximum Gasteiger partial charge on any atom is 0.270 e. The van der Waals surface area contributed by atoms with E-state index in [1.54, 1.807) is 10.9 Å². The van der Waals surface area contributed by atoms with E-state index in [-0.39, 0.29) is 11.9 Å². The number of nitrogens with zero attached hydrogens (tertiary/aromatic N) is 2. The monoisotopic (exact) mass is 351 g/mol. The van der Waals surface area contributed by atoms with Crippen molar-refractivity contribution < 1.29 is 9.53 Å². The Morgan fingerprint density at radius 3 is 2.96 bits per heavy atom. The number of aromatic nitrogens is 1. The molecule has 0 spiro atoms. The van der Waals surface area contributed by atoms with Crippen LogP contribution >= 0.6 is 22.9 Å². The molecule has 0 bridgehead atoms. The van der Waals surface area contributed by atoms with Gasteiger partial charge in [0.1, 0.15) is 5.69 Å². The minimum Gasteiger partial charge on any atom is -0.379 e. The van der Waals surface area contributed by atoms with E-state index in [2.05, 4.69) is 15.2 Å². The Morgan fingerprint density at radius 1 is 1.43 bits per heavy atom. The third-order valence-corrected chi connectivity index (χ3v) is 4.66. The van der Waals surface area contributed by atoms with Gasteiger partial charge in [-0.1, -0.05) is 23.7 Å². The molecule has 1 fully saturated rings. The lowest BCUT2D eigenvalue weighted by atomic mass is 10.0. The van der Waals surface area contributed by atoms with Crippen molar-refractivity contribution in [3.63, 3.8) is 0 Å². The van der Waals surface area contributed by atoms with Gasteiger partial charge in [0.05, 0.1) is 24.8 Å². The standard InChI is InChI=1S/C16H18ClN3O2S/c17-13-3-1-2-12(8-13)15(20-4-6-22-7-5-20)9-18-16(21)14-10-23-11-19-14/h1-3,8,10-11,15H,4-7,9H2,(H,18,21). The molecule has 1 N–H and O–H groups in total. The summed E-state index contributed by atoms with van der Waals surface area (Å²) in [5.41, 5.74) is 3.21. The molecular formula is C16H18ClN3O2S. The van der Waals surface area contributed by atoms with Crippen LogP contribution in [-0.4, -0.2) is 48.6 Å². The Bertz CT molecular complexity index is 645. The lowest BCUT2D eigenvalue weighted by Crippen LogP contribution is -2.43. The fourth-order valence-corrected chi connectivity index (χ4v) is 3.40. The van der Waals surface area contributed by atoms with E-state index in [0.717, 1.165) is 18.7 Å². The second-order valence-electron chi connectivity index (χ2n) is 5.30. The Labute approximate surface area is 144 Å². The van der Waals surface area contributed by atoms with Gasteiger partial charge in [0, 0.05) is 30.0 Å². The van der Waals surface area contributed by atoms with Crippen molar-refractivity contribution in [2.45, 2.75) is 6.04 Å². The van der Waals surface area contributed by atoms with Crippen LogP contribution in [0.3, 0.4) is 0 Å². The molecule has 1 unspecified atom stereocenters. The summed E-state index contributed by atoms with van der Waals surface area (Å²) in [7, 11) is 0. The lowest BCUT2D eigenvalue weighted by Gasteiger charge is -2.35. The molecule has 0 aliphatic carbocycles. The highest BCUT2D eigenvalue weighted by atomic mass is 35.5. The van der Waals surface area contributed by atoms with E-state index < -0.39 is 0 Å². The molecule has 1 aromatic heterocycles. The highest BCUT2D eigenvalue weighted by molar-refractivity contribution is 7.07. The molecule has 1 aromatic carbocycles. The van der Waals surface area contributed by atoms with E-state index in [0.29, 0.717) is 30.5 Å². The van der Waals surface area contributed by atoms with Gasteiger partial charge >= 0.3 is 0 Å². The van der Waals surface area contributed by atoms with E-state index in [4.69, 9.17) is 16.3 Å². The summed E-state index contributed by atoms with van der Waals surface area (Å²) < 4.78 is 5.43. The summed E-state index contributed by atoms with van der Waals surface area (Å²) >= 11 is 7.54. The van der Waals surface area contributed by atoms with Gasteiger partial charge in [-0.05, 0) is 17.7 Å². The van der Waals surface area contributed by atoms with Gasteiger partial charge in [-0.15, -0.1) is 11.3 Å². The number of thiazole rings is 1. The SMILES string of the molecule is O=C(NCC(c1cccc(Cl)c1)N1CCOCC1)c1cscn1. The Balaban J connectivity index is 1.73. The Kier molecular flexibility index (Phi) is 5.61. The molecule has 0 saturated carbocycles. The molecule has 5 nitrogen and oxygen atoms in total. The molecule has 3 rings (SSSR count). The number of carbonyl (C=O) groups is 1. The molecule has 23 heavy (non-hydrogen) atoms. The molecule has 7 heteroatoms. The summed E-state index contributed by atoms with van der Waals surface area (Å²) in [6, 6.07) is 7.86. The molecule has 2 aromatic rings. The zero-order valence-corrected chi connectivity index (χ0v) is 14.1. The van der Waals surface area contributed by atoms with Crippen molar-refractivity contribution in [3.05, 3.63) is 51.4 Å². The summed E-state index contributed by atoms with van der Waals surface area (Å²) in [4.78, 5) is 18.5. The summed E-state index contributed by atoms with van der Waals surface area (Å²) in [5, 5.41) is 5.43. The summed E-state index contributed by atoms with van der Waals surface area (Å²) in [5.74, 6) is -0.147. The number of carbonyl (C=O) groups excluding carboxylic acids is 1. The van der Waals surface area contributed by atoms with Crippen LogP contribution < -0.4 is 5.32 Å². The zero-order chi connectivity index (χ0) is 16.1. The Morgan fingerprint density at radius 2 is 2.26 bits per heavy atom. The first kappa shape index (κ1) is 16.4. The first-order valence-corrected chi connectivity index (χ1v) is 8.80. The van der Waals surface area contributed by atoms with Gasteiger partial charge in [0.15, 0.2) is 0 Å². The molecule has 1 aliphatic rings. The van der Waals surface area contributed by atoms with Crippen molar-refractivity contribution in [2.75, 3.05) is 32.8 Å². The molecule has 0 radical (unpaired) electrons. The minimum atomic E-state index is -0.147. The topological polar surface area (TPSA) is 54.5 Å². The second-order valence-corrected chi connectivity index (χ2v) is 6.46. The van der Waals surface area contributed by atoms with Crippen molar-refractivity contribution in [1.82, 2.24) is 15.2 Å². The second kappa shape index (κ2) is 7.88. The van der Waals surface area contributed by atoms with Crippen LogP contribution in [0.5, 0.6) is 0 Å². The largest absolute Gasteiger partial charge is 0.379 e. The number of amides is 1. The van der Waals surface area contributed by atoms with E-state index in [1.165, 1.54) is 11.3 Å². The molecule has 2 heterocycles. The van der Waals surface area contributed by atoms with Gasteiger partial charge in [-0.2, -0.15) is 0 Å². The summed E-state index contributed by atoms with van der Waals surface area (Å²) in [6.45, 7) is 3.60. The number of morpholine rings is 1. The number of hydrogen-bond donors (Lipinski definition) is 1. The molecule has 1 aliphatic heterocycles. The number of ether oxygens (including phenoxy) is 1. The van der Waals surface area contributed by atoms with Gasteiger partial charge in [-0.25, -0.2) is 4.98 Å². The third kappa shape index (κ3) is 4.29. The molecule has 1 amide bonds. The summed E-state index contributed by atoms with van der Waals surface area (Å²) in [6.07, 6.45) is 0. The zero-order valence-electron chi connectivity index (χ0n) is 12.6. The number of nitrogens with one attached hydrogen (secondary N) is 1. The van der Waals surface area contributed by atoms with Crippen LogP contribution in [0.4, 0.5) is 0 Å². The number of hydrogen-bond acceptors (Lipinski definition) is 5. The normalized spacial score (nSPS) is 16.9. The molecule has 1 saturated heterocycles. The lowest BCUT2D eigenvalue weighted by molar-refractivity contribution is 0.0162. The van der Waals surface area contributed by atoms with Crippen LogP contribution in [0.25, 0.3) is 0 Å². The maximum absolute atomic E-state index is 12.2. The van der Waals surface area contributed by atoms with E-state index in [9.17, 15) is 4.79 Å². The number of halogens is 1. The van der Waals surface area contributed by atoms with Crippen LogP contribution in [0.1, 0.15) is 22.1 Å². The average Bonchev–Trinajstić information content (AvgIpc) is 3.10. The Hall–Kier alpha value is -1.47. The molecule has 1 atom stereocenters. The highest BCUT2D eigenvalue weighted by Gasteiger charge is 2.23. The molecule has 122 valence electrons. The van der Waals surface area contributed by atoms with Crippen LogP contribution in [0, 0.1) is 0 Å². The fraction of sp³-hybridized carbons (Fsp3) is 0.375. The van der Waals surface area contributed by atoms with Gasteiger partial charge < -0.3 is 10.1 Å². The first-order valence-electron chi connectivity index (χ1n) is 7.47. The van der Waals surface area contributed by atoms with Crippen molar-refractivity contribution in [1.29, 1.82) is 0 Å². The van der Waals surface area contributed by atoms with Crippen LogP contribution in [0.2, 0.25) is 5.02 Å². The predicted octanol–water partition coefficient (Wildman–Crippen LogP) is 2.60. The first-order chi connectivity index (χ1) is 11.2. The number of rotatable bonds is 5. The smallest absolute Gasteiger partial charge is 0.270 e. The van der Waals surface area contributed by atoms with Crippen LogP contribution in [-0.2, 0) is 4.74 Å². The predicted molar refractivity (Wildman–Crippen MR) is 91.0 cm³/mol. The average molecular weight is 352 g/mol. The number of benzene rings is 1. The van der Waals surface area contributed by atoms with E-state index >= 15 is 0 Å². The maximum atomic E-state index is 12.2. The highest BCUT2D eigenvalue weighted by Crippen LogP contribution is 2.24. The van der Waals surface area contributed by atoms with Crippen LogP contribution in [0.15, 0.2) is 35.2 Å². The van der Waals surface area contributed by atoms with Crippen molar-refractivity contribution in [2.24, 2.45) is 0 Å².